The van der Waals surface area contributed by atoms with Crippen LogP contribution in [-0.2, 0) is 18.3 Å². The topological polar surface area (TPSA) is 71.8 Å². The minimum Gasteiger partial charge on any atom is -0.353 e. The number of carbonyl (C=O) groups excluding carboxylic acids is 1. The molecular weight excluding hydrogens is 194 g/mol. The lowest BCUT2D eigenvalue weighted by molar-refractivity contribution is -0.124. The monoisotopic (exact) mass is 209 g/mol. The smallest absolute Gasteiger partial charge is 0.237 e. The van der Waals surface area contributed by atoms with E-state index in [0.717, 1.165) is 18.2 Å². The summed E-state index contributed by atoms with van der Waals surface area (Å²) in [6, 6.07) is -0.180. The van der Waals surface area contributed by atoms with Crippen LogP contribution in [0.4, 0.5) is 0 Å². The van der Waals surface area contributed by atoms with Crippen LogP contribution >= 0.6 is 0 Å². The number of carbonyl (C=O) groups is 1. The molecule has 0 aromatic carbocycles. The van der Waals surface area contributed by atoms with Crippen molar-refractivity contribution in [2.24, 2.45) is 7.05 Å². The molecule has 82 valence electrons. The average molecular weight is 209 g/mol. The predicted molar refractivity (Wildman–Crippen MR) is 54.2 cm³/mol. The number of hydrogen-bond acceptors (Lipinski definition) is 4. The summed E-state index contributed by atoms with van der Waals surface area (Å²) in [6.45, 7) is 3.36. The Morgan fingerprint density at radius 3 is 2.93 bits per heavy atom. The Labute approximate surface area is 88.1 Å². The Kier molecular flexibility index (Phi) is 2.68. The molecule has 1 aliphatic rings. The molecule has 1 aromatic rings. The molecule has 2 rings (SSSR count). The molecule has 1 saturated heterocycles. The van der Waals surface area contributed by atoms with Crippen molar-refractivity contribution in [3.05, 3.63) is 11.6 Å². The number of nitrogens with zero attached hydrogens (tertiary/aromatic N) is 3. The van der Waals surface area contributed by atoms with Crippen molar-refractivity contribution >= 4 is 5.91 Å². The van der Waals surface area contributed by atoms with E-state index < -0.39 is 0 Å². The number of aryl methyl sites for hydroxylation is 2. The second-order valence-corrected chi connectivity index (χ2v) is 3.70. The normalized spacial score (nSPS) is 21.5. The Morgan fingerprint density at radius 1 is 1.53 bits per heavy atom. The molecule has 0 aliphatic carbocycles. The molecule has 2 heterocycles. The van der Waals surface area contributed by atoms with Gasteiger partial charge in [0.05, 0.1) is 6.04 Å². The van der Waals surface area contributed by atoms with Crippen LogP contribution in [0, 0.1) is 6.92 Å². The first-order valence-corrected chi connectivity index (χ1v) is 5.04. The van der Waals surface area contributed by atoms with E-state index in [4.69, 9.17) is 0 Å². The van der Waals surface area contributed by atoms with Crippen molar-refractivity contribution < 1.29 is 4.79 Å². The molecule has 1 amide bonds. The van der Waals surface area contributed by atoms with E-state index in [0.29, 0.717) is 13.0 Å². The van der Waals surface area contributed by atoms with Crippen molar-refractivity contribution in [3.63, 3.8) is 0 Å². The molecule has 1 aliphatic heterocycles. The number of aromatic nitrogens is 3. The van der Waals surface area contributed by atoms with Gasteiger partial charge < -0.3 is 10.6 Å². The second-order valence-electron chi connectivity index (χ2n) is 3.70. The summed E-state index contributed by atoms with van der Waals surface area (Å²) >= 11 is 0. The van der Waals surface area contributed by atoms with Gasteiger partial charge in [0, 0.05) is 26.6 Å². The molecule has 2 N–H and O–H groups in total. The van der Waals surface area contributed by atoms with Gasteiger partial charge in [0.1, 0.15) is 11.6 Å². The van der Waals surface area contributed by atoms with Crippen LogP contribution in [0.1, 0.15) is 11.6 Å². The fourth-order valence-corrected chi connectivity index (χ4v) is 1.73. The first kappa shape index (κ1) is 10.1. The molecule has 1 aromatic heterocycles. The molecule has 1 fully saturated rings. The maximum atomic E-state index is 11.5. The molecule has 1 atom stereocenters. The zero-order chi connectivity index (χ0) is 10.8. The van der Waals surface area contributed by atoms with E-state index in [1.54, 1.807) is 4.68 Å². The van der Waals surface area contributed by atoms with E-state index in [9.17, 15) is 4.79 Å². The highest BCUT2D eigenvalue weighted by molar-refractivity contribution is 5.82. The minimum absolute atomic E-state index is 0.0434. The third kappa shape index (κ3) is 2.15. The highest BCUT2D eigenvalue weighted by atomic mass is 16.2. The van der Waals surface area contributed by atoms with Gasteiger partial charge in [0.25, 0.3) is 0 Å². The molecule has 0 saturated carbocycles. The van der Waals surface area contributed by atoms with Gasteiger partial charge in [-0.15, -0.1) is 0 Å². The van der Waals surface area contributed by atoms with Crippen molar-refractivity contribution in [3.8, 4) is 0 Å². The first-order chi connectivity index (χ1) is 7.16. The van der Waals surface area contributed by atoms with Crippen LogP contribution in [0.15, 0.2) is 0 Å². The fraction of sp³-hybridized carbons (Fsp3) is 0.667. The van der Waals surface area contributed by atoms with Crippen LogP contribution in [0.2, 0.25) is 0 Å². The van der Waals surface area contributed by atoms with Gasteiger partial charge in [-0.1, -0.05) is 0 Å². The average Bonchev–Trinajstić information content (AvgIpc) is 2.49. The number of amides is 1. The number of piperazine rings is 1. The predicted octanol–water partition coefficient (Wildman–Crippen LogP) is -1.25. The number of rotatable bonds is 2. The Morgan fingerprint density at radius 2 is 2.33 bits per heavy atom. The van der Waals surface area contributed by atoms with Crippen LogP contribution in [0.5, 0.6) is 0 Å². The molecule has 1 unspecified atom stereocenters. The molecule has 6 nitrogen and oxygen atoms in total. The summed E-state index contributed by atoms with van der Waals surface area (Å²) < 4.78 is 1.72. The molecule has 0 radical (unpaired) electrons. The molecule has 0 spiro atoms. The van der Waals surface area contributed by atoms with E-state index in [1.165, 1.54) is 0 Å². The Hall–Kier alpha value is -1.43. The lowest BCUT2D eigenvalue weighted by atomic mass is 10.1. The van der Waals surface area contributed by atoms with E-state index >= 15 is 0 Å². The second kappa shape index (κ2) is 3.98. The largest absolute Gasteiger partial charge is 0.353 e. The SMILES string of the molecule is Cc1nc(CC2NCCNC2=O)n(C)n1. The Balaban J connectivity index is 2.07. The molecule has 6 heteroatoms. The number of nitrogens with one attached hydrogen (secondary N) is 2. The lowest BCUT2D eigenvalue weighted by Crippen LogP contribution is -2.54. The van der Waals surface area contributed by atoms with Crippen molar-refractivity contribution in [2.45, 2.75) is 19.4 Å². The summed E-state index contributed by atoms with van der Waals surface area (Å²) in [5.74, 6) is 1.62. The summed E-state index contributed by atoms with van der Waals surface area (Å²) in [4.78, 5) is 15.8. The van der Waals surface area contributed by atoms with Gasteiger partial charge in [0.2, 0.25) is 5.91 Å². The third-order valence-corrected chi connectivity index (χ3v) is 2.48. The highest BCUT2D eigenvalue weighted by Gasteiger charge is 2.23. The fourth-order valence-electron chi connectivity index (χ4n) is 1.73. The lowest BCUT2D eigenvalue weighted by Gasteiger charge is -2.22. The molecular formula is C9H15N5O. The van der Waals surface area contributed by atoms with Crippen LogP contribution < -0.4 is 10.6 Å². The van der Waals surface area contributed by atoms with Gasteiger partial charge in [-0.05, 0) is 6.92 Å². The zero-order valence-electron chi connectivity index (χ0n) is 8.95. The number of hydrogen-bond donors (Lipinski definition) is 2. The van der Waals surface area contributed by atoms with Crippen LogP contribution in [-0.4, -0.2) is 39.8 Å². The van der Waals surface area contributed by atoms with Crippen LogP contribution in [0.25, 0.3) is 0 Å². The van der Waals surface area contributed by atoms with Gasteiger partial charge in [-0.25, -0.2) is 4.98 Å². The third-order valence-electron chi connectivity index (χ3n) is 2.48. The maximum absolute atomic E-state index is 11.5. The Bertz CT molecular complexity index is 373. The zero-order valence-corrected chi connectivity index (χ0v) is 8.95. The summed E-state index contributed by atoms with van der Waals surface area (Å²) in [5.41, 5.74) is 0. The van der Waals surface area contributed by atoms with Crippen molar-refractivity contribution in [1.82, 2.24) is 25.4 Å². The van der Waals surface area contributed by atoms with Crippen LogP contribution in [0.3, 0.4) is 0 Å². The summed E-state index contributed by atoms with van der Waals surface area (Å²) in [6.07, 6.45) is 0.586. The summed E-state index contributed by atoms with van der Waals surface area (Å²) in [7, 11) is 1.84. The quantitative estimate of drug-likeness (QED) is 0.638. The van der Waals surface area contributed by atoms with E-state index in [-0.39, 0.29) is 11.9 Å². The van der Waals surface area contributed by atoms with Gasteiger partial charge in [-0.2, -0.15) is 5.10 Å². The van der Waals surface area contributed by atoms with Gasteiger partial charge in [-0.3, -0.25) is 9.48 Å². The summed E-state index contributed by atoms with van der Waals surface area (Å²) in [5, 5.41) is 10.1. The van der Waals surface area contributed by atoms with Crippen molar-refractivity contribution in [1.29, 1.82) is 0 Å². The standard InChI is InChI=1S/C9H15N5O/c1-6-12-8(14(2)13-6)5-7-9(15)11-4-3-10-7/h7,10H,3-5H2,1-2H3,(H,11,15). The highest BCUT2D eigenvalue weighted by Crippen LogP contribution is 2.02. The molecule has 15 heavy (non-hydrogen) atoms. The van der Waals surface area contributed by atoms with Gasteiger partial charge >= 0.3 is 0 Å². The molecule has 0 bridgehead atoms. The minimum atomic E-state index is -0.180. The van der Waals surface area contributed by atoms with E-state index in [2.05, 4.69) is 20.7 Å². The van der Waals surface area contributed by atoms with Gasteiger partial charge in [0.15, 0.2) is 0 Å². The first-order valence-electron chi connectivity index (χ1n) is 5.04. The van der Waals surface area contributed by atoms with E-state index in [1.807, 2.05) is 14.0 Å². The maximum Gasteiger partial charge on any atom is 0.237 e. The van der Waals surface area contributed by atoms with Crippen molar-refractivity contribution in [2.75, 3.05) is 13.1 Å².